The smallest absolute Gasteiger partial charge is 0.338 e. The van der Waals surface area contributed by atoms with Gasteiger partial charge in [0, 0.05) is 35.9 Å². The maximum atomic E-state index is 12.1. The number of aromatic nitrogens is 2. The molecule has 0 spiro atoms. The van der Waals surface area contributed by atoms with Gasteiger partial charge in [-0.15, -0.1) is 0 Å². The molecule has 0 aliphatic carbocycles. The highest BCUT2D eigenvalue weighted by Gasteiger charge is 2.09. The first-order chi connectivity index (χ1) is 11.8. The van der Waals surface area contributed by atoms with E-state index in [0.29, 0.717) is 17.9 Å². The van der Waals surface area contributed by atoms with E-state index in [2.05, 4.69) is 9.97 Å². The molecule has 0 atom stereocenters. The van der Waals surface area contributed by atoms with Gasteiger partial charge in [-0.2, -0.15) is 0 Å². The summed E-state index contributed by atoms with van der Waals surface area (Å²) in [4.78, 5) is 20.2. The third-order valence-corrected chi connectivity index (χ3v) is 3.29. The Hall–Kier alpha value is -3.21. The van der Waals surface area contributed by atoms with E-state index in [0.717, 1.165) is 11.1 Å². The average Bonchev–Trinajstić information content (AvgIpc) is 2.66. The first-order valence-corrected chi connectivity index (χ1v) is 7.49. The summed E-state index contributed by atoms with van der Waals surface area (Å²) in [7, 11) is 0. The molecule has 2 heterocycles. The topological polar surface area (TPSA) is 61.3 Å². The number of nitrogens with zero attached hydrogens (tertiary/aromatic N) is 2. The fourth-order valence-corrected chi connectivity index (χ4v) is 2.08. The SMILES string of the molecule is O=C(OCc1cccnc1)c1cccc(OCc2cccnc2)c1. The van der Waals surface area contributed by atoms with Crippen molar-refractivity contribution in [2.45, 2.75) is 13.2 Å². The number of pyridine rings is 2. The molecule has 0 saturated carbocycles. The van der Waals surface area contributed by atoms with Crippen molar-refractivity contribution >= 4 is 5.97 Å². The van der Waals surface area contributed by atoms with Crippen LogP contribution in [-0.4, -0.2) is 15.9 Å². The van der Waals surface area contributed by atoms with E-state index < -0.39 is 5.97 Å². The van der Waals surface area contributed by atoms with Crippen molar-refractivity contribution in [1.29, 1.82) is 0 Å². The maximum absolute atomic E-state index is 12.1. The van der Waals surface area contributed by atoms with Crippen LogP contribution in [0.3, 0.4) is 0 Å². The predicted octanol–water partition coefficient (Wildman–Crippen LogP) is 3.41. The second-order valence-electron chi connectivity index (χ2n) is 5.12. The Morgan fingerprint density at radius 2 is 1.58 bits per heavy atom. The third-order valence-electron chi connectivity index (χ3n) is 3.29. The van der Waals surface area contributed by atoms with Crippen LogP contribution in [0.2, 0.25) is 0 Å². The van der Waals surface area contributed by atoms with Gasteiger partial charge in [0.05, 0.1) is 5.56 Å². The quantitative estimate of drug-likeness (QED) is 0.651. The standard InChI is InChI=1S/C19H16N2O3/c22-19(24-14-16-5-3-9-21-12-16)17-6-1-7-18(10-17)23-13-15-4-2-8-20-11-15/h1-12H,13-14H2. The van der Waals surface area contributed by atoms with Crippen LogP contribution >= 0.6 is 0 Å². The van der Waals surface area contributed by atoms with Gasteiger partial charge >= 0.3 is 5.97 Å². The molecule has 120 valence electrons. The van der Waals surface area contributed by atoms with Gasteiger partial charge in [0.1, 0.15) is 19.0 Å². The molecule has 0 unspecified atom stereocenters. The van der Waals surface area contributed by atoms with Crippen molar-refractivity contribution < 1.29 is 14.3 Å². The van der Waals surface area contributed by atoms with E-state index in [9.17, 15) is 4.79 Å². The zero-order chi connectivity index (χ0) is 16.6. The highest BCUT2D eigenvalue weighted by Crippen LogP contribution is 2.16. The molecule has 0 saturated heterocycles. The fourth-order valence-electron chi connectivity index (χ4n) is 2.08. The van der Waals surface area contributed by atoms with Crippen LogP contribution in [-0.2, 0) is 18.0 Å². The van der Waals surface area contributed by atoms with Crippen molar-refractivity contribution in [3.63, 3.8) is 0 Å². The van der Waals surface area contributed by atoms with Gasteiger partial charge in [0.15, 0.2) is 0 Å². The third kappa shape index (κ3) is 4.39. The molecule has 0 radical (unpaired) electrons. The Morgan fingerprint density at radius 3 is 2.25 bits per heavy atom. The maximum Gasteiger partial charge on any atom is 0.338 e. The van der Waals surface area contributed by atoms with Gasteiger partial charge in [-0.3, -0.25) is 9.97 Å². The summed E-state index contributed by atoms with van der Waals surface area (Å²) >= 11 is 0. The number of carbonyl (C=O) groups excluding carboxylic acids is 1. The van der Waals surface area contributed by atoms with Gasteiger partial charge in [-0.25, -0.2) is 4.79 Å². The molecule has 0 aliphatic heterocycles. The highest BCUT2D eigenvalue weighted by molar-refractivity contribution is 5.89. The lowest BCUT2D eigenvalue weighted by atomic mass is 10.2. The van der Waals surface area contributed by atoms with Crippen molar-refractivity contribution in [1.82, 2.24) is 9.97 Å². The molecule has 0 amide bonds. The fraction of sp³-hybridized carbons (Fsp3) is 0.105. The lowest BCUT2D eigenvalue weighted by molar-refractivity contribution is 0.0472. The van der Waals surface area contributed by atoms with Gasteiger partial charge in [-0.05, 0) is 30.3 Å². The predicted molar refractivity (Wildman–Crippen MR) is 88.4 cm³/mol. The molecule has 0 aliphatic rings. The zero-order valence-corrected chi connectivity index (χ0v) is 13.0. The lowest BCUT2D eigenvalue weighted by Gasteiger charge is -2.08. The monoisotopic (exact) mass is 320 g/mol. The number of hydrogen-bond acceptors (Lipinski definition) is 5. The number of hydrogen-bond donors (Lipinski definition) is 0. The van der Waals surface area contributed by atoms with Crippen molar-refractivity contribution in [2.75, 3.05) is 0 Å². The molecular weight excluding hydrogens is 304 g/mol. The van der Waals surface area contributed by atoms with E-state index in [4.69, 9.17) is 9.47 Å². The first kappa shape index (κ1) is 15.7. The van der Waals surface area contributed by atoms with E-state index in [1.807, 2.05) is 18.2 Å². The molecule has 0 N–H and O–H groups in total. The summed E-state index contributed by atoms with van der Waals surface area (Å²) in [5.74, 6) is 0.209. The largest absolute Gasteiger partial charge is 0.489 e. The number of ether oxygens (including phenoxy) is 2. The summed E-state index contributed by atoms with van der Waals surface area (Å²) in [5.41, 5.74) is 2.25. The van der Waals surface area contributed by atoms with Gasteiger partial charge in [0.2, 0.25) is 0 Å². The summed E-state index contributed by atoms with van der Waals surface area (Å²) in [6.45, 7) is 0.579. The van der Waals surface area contributed by atoms with Crippen LogP contribution in [0.25, 0.3) is 0 Å². The van der Waals surface area contributed by atoms with Crippen LogP contribution in [0.15, 0.2) is 73.3 Å². The number of benzene rings is 1. The minimum Gasteiger partial charge on any atom is -0.489 e. The van der Waals surface area contributed by atoms with Crippen LogP contribution in [0.4, 0.5) is 0 Å². The summed E-state index contributed by atoms with van der Waals surface area (Å²) in [6, 6.07) is 14.4. The summed E-state index contributed by atoms with van der Waals surface area (Å²) < 4.78 is 11.0. The van der Waals surface area contributed by atoms with E-state index in [1.54, 1.807) is 55.1 Å². The average molecular weight is 320 g/mol. The Balaban J connectivity index is 1.59. The normalized spacial score (nSPS) is 10.2. The Bertz CT molecular complexity index is 792. The van der Waals surface area contributed by atoms with Gasteiger partial charge in [-0.1, -0.05) is 18.2 Å². The number of esters is 1. The minimum absolute atomic E-state index is 0.188. The second-order valence-corrected chi connectivity index (χ2v) is 5.12. The van der Waals surface area contributed by atoms with Gasteiger partial charge < -0.3 is 9.47 Å². The molecule has 5 heteroatoms. The van der Waals surface area contributed by atoms with Crippen LogP contribution in [0.1, 0.15) is 21.5 Å². The van der Waals surface area contributed by atoms with Crippen molar-refractivity contribution in [3.8, 4) is 5.75 Å². The Kier molecular flexibility index (Phi) is 5.14. The van der Waals surface area contributed by atoms with E-state index in [-0.39, 0.29) is 6.61 Å². The molecule has 1 aromatic carbocycles. The molecule has 3 aromatic rings. The van der Waals surface area contributed by atoms with Gasteiger partial charge in [0.25, 0.3) is 0 Å². The van der Waals surface area contributed by atoms with Crippen LogP contribution in [0.5, 0.6) is 5.75 Å². The molecule has 0 fully saturated rings. The van der Waals surface area contributed by atoms with Crippen LogP contribution < -0.4 is 4.74 Å². The second kappa shape index (κ2) is 7.87. The minimum atomic E-state index is -0.398. The van der Waals surface area contributed by atoms with E-state index in [1.165, 1.54) is 0 Å². The first-order valence-electron chi connectivity index (χ1n) is 7.49. The molecule has 2 aromatic heterocycles. The van der Waals surface area contributed by atoms with Crippen molar-refractivity contribution in [3.05, 3.63) is 90.0 Å². The highest BCUT2D eigenvalue weighted by atomic mass is 16.5. The van der Waals surface area contributed by atoms with E-state index >= 15 is 0 Å². The Labute approximate surface area is 139 Å². The summed E-state index contributed by atoms with van der Waals surface area (Å²) in [5, 5.41) is 0. The lowest BCUT2D eigenvalue weighted by Crippen LogP contribution is -2.06. The van der Waals surface area contributed by atoms with Crippen LogP contribution in [0, 0.1) is 0 Å². The summed E-state index contributed by atoms with van der Waals surface area (Å²) in [6.07, 6.45) is 6.80. The number of carbonyl (C=O) groups is 1. The van der Waals surface area contributed by atoms with Crippen molar-refractivity contribution in [2.24, 2.45) is 0 Å². The molecule has 5 nitrogen and oxygen atoms in total. The molecule has 0 bridgehead atoms. The molecule has 24 heavy (non-hydrogen) atoms. The Morgan fingerprint density at radius 1 is 0.875 bits per heavy atom. The number of rotatable bonds is 6. The molecule has 3 rings (SSSR count). The molecular formula is C19H16N2O3. The zero-order valence-electron chi connectivity index (χ0n) is 13.0.